The highest BCUT2D eigenvalue weighted by molar-refractivity contribution is 9.10. The number of fused-ring (bicyclic) bond motifs is 2. The summed E-state index contributed by atoms with van der Waals surface area (Å²) in [6, 6.07) is 12.2. The Morgan fingerprint density at radius 2 is 2.03 bits per heavy atom. The molecule has 0 aliphatic carbocycles. The van der Waals surface area contributed by atoms with Gasteiger partial charge in [0, 0.05) is 23.1 Å². The summed E-state index contributed by atoms with van der Waals surface area (Å²) in [4.78, 5) is 25.3. The van der Waals surface area contributed by atoms with Crippen molar-refractivity contribution in [2.45, 2.75) is 19.4 Å². The van der Waals surface area contributed by atoms with E-state index >= 15 is 0 Å². The summed E-state index contributed by atoms with van der Waals surface area (Å²) in [7, 11) is 1.75. The van der Waals surface area contributed by atoms with Crippen LogP contribution in [0.15, 0.2) is 59.3 Å². The van der Waals surface area contributed by atoms with Gasteiger partial charge in [-0.25, -0.2) is 14.4 Å². The highest BCUT2D eigenvalue weighted by Gasteiger charge is 2.20. The number of amides is 1. The lowest BCUT2D eigenvalue weighted by atomic mass is 10.0. The Morgan fingerprint density at radius 3 is 2.79 bits per heavy atom. The maximum Gasteiger partial charge on any atom is 0.255 e. The van der Waals surface area contributed by atoms with E-state index in [4.69, 9.17) is 4.98 Å². The van der Waals surface area contributed by atoms with Crippen LogP contribution < -0.4 is 5.32 Å². The fourth-order valence-corrected chi connectivity index (χ4v) is 4.21. The SMILES string of the molecule is CCC(NC(=O)c1c[nH]c2ncc(-c3nn(C)c4cc(F)ccc34)nc12)c1ccc(Br)cc1. The molecular formula is C24H20BrFN6O. The minimum Gasteiger partial charge on any atom is -0.345 e. The molecule has 0 spiro atoms. The molecule has 1 unspecified atom stereocenters. The molecule has 5 aromatic rings. The first-order valence-electron chi connectivity index (χ1n) is 10.5. The van der Waals surface area contributed by atoms with Gasteiger partial charge in [0.05, 0.1) is 23.3 Å². The molecule has 0 fully saturated rings. The van der Waals surface area contributed by atoms with Crippen LogP contribution in [0.4, 0.5) is 4.39 Å². The molecule has 5 rings (SSSR count). The first kappa shape index (κ1) is 21.3. The van der Waals surface area contributed by atoms with Crippen molar-refractivity contribution in [3.63, 3.8) is 0 Å². The molecule has 0 radical (unpaired) electrons. The maximum atomic E-state index is 13.7. The predicted molar refractivity (Wildman–Crippen MR) is 128 cm³/mol. The minimum atomic E-state index is -0.334. The predicted octanol–water partition coefficient (Wildman–Crippen LogP) is 5.29. The third-order valence-electron chi connectivity index (χ3n) is 5.67. The van der Waals surface area contributed by atoms with Crippen LogP contribution in [0.5, 0.6) is 0 Å². The lowest BCUT2D eigenvalue weighted by Gasteiger charge is -2.17. The molecule has 0 bridgehead atoms. The summed E-state index contributed by atoms with van der Waals surface area (Å²) in [5, 5.41) is 8.36. The monoisotopic (exact) mass is 506 g/mol. The average molecular weight is 507 g/mol. The van der Waals surface area contributed by atoms with Crippen molar-refractivity contribution in [2.75, 3.05) is 0 Å². The van der Waals surface area contributed by atoms with Gasteiger partial charge in [-0.3, -0.25) is 9.48 Å². The van der Waals surface area contributed by atoms with Crippen LogP contribution in [0, 0.1) is 5.82 Å². The van der Waals surface area contributed by atoms with Crippen LogP contribution in [0.1, 0.15) is 35.3 Å². The van der Waals surface area contributed by atoms with Crippen LogP contribution in [0.3, 0.4) is 0 Å². The molecule has 0 saturated heterocycles. The number of halogens is 2. The first-order chi connectivity index (χ1) is 15.9. The van der Waals surface area contributed by atoms with Crippen molar-refractivity contribution in [1.82, 2.24) is 30.0 Å². The number of nitrogens with one attached hydrogen (secondary N) is 2. The van der Waals surface area contributed by atoms with Gasteiger partial charge in [0.15, 0.2) is 5.65 Å². The molecule has 2 N–H and O–H groups in total. The van der Waals surface area contributed by atoms with E-state index in [0.717, 1.165) is 21.8 Å². The van der Waals surface area contributed by atoms with E-state index in [-0.39, 0.29) is 17.8 Å². The lowest BCUT2D eigenvalue weighted by Crippen LogP contribution is -2.28. The number of hydrogen-bond acceptors (Lipinski definition) is 4. The number of aromatic amines is 1. The molecule has 33 heavy (non-hydrogen) atoms. The molecule has 9 heteroatoms. The van der Waals surface area contributed by atoms with Crippen LogP contribution in [-0.4, -0.2) is 30.6 Å². The Labute approximate surface area is 197 Å². The number of rotatable bonds is 5. The molecule has 0 aliphatic heterocycles. The van der Waals surface area contributed by atoms with Gasteiger partial charge >= 0.3 is 0 Å². The second kappa shape index (κ2) is 8.40. The minimum absolute atomic E-state index is 0.138. The van der Waals surface area contributed by atoms with E-state index in [2.05, 4.69) is 36.3 Å². The molecule has 1 amide bonds. The molecular weight excluding hydrogens is 487 g/mol. The van der Waals surface area contributed by atoms with E-state index in [1.165, 1.54) is 12.1 Å². The van der Waals surface area contributed by atoms with Gasteiger partial charge in [0.1, 0.15) is 22.7 Å². The standard InChI is InChI=1S/C24H20BrFN6O/c1-3-18(13-4-6-14(25)7-5-13)30-24(33)17-11-27-23-22(17)29-19(12-28-23)21-16-9-8-15(26)10-20(16)32(2)31-21/h4-12,18H,3H2,1-2H3,(H,27,28)(H,30,33). The van der Waals surface area contributed by atoms with Crippen LogP contribution in [-0.2, 0) is 7.05 Å². The molecule has 1 atom stereocenters. The fourth-order valence-electron chi connectivity index (χ4n) is 3.95. The third kappa shape index (κ3) is 3.89. The average Bonchev–Trinajstić information content (AvgIpc) is 3.38. The number of aryl methyl sites for hydroxylation is 1. The summed E-state index contributed by atoms with van der Waals surface area (Å²) >= 11 is 3.44. The number of carbonyl (C=O) groups is 1. The maximum absolute atomic E-state index is 13.7. The van der Waals surface area contributed by atoms with Crippen LogP contribution in [0.2, 0.25) is 0 Å². The summed E-state index contributed by atoms with van der Waals surface area (Å²) < 4.78 is 16.3. The Kier molecular flexibility index (Phi) is 5.41. The van der Waals surface area contributed by atoms with Crippen molar-refractivity contribution in [3.8, 4) is 11.4 Å². The van der Waals surface area contributed by atoms with E-state index in [1.807, 2.05) is 31.2 Å². The summed E-state index contributed by atoms with van der Waals surface area (Å²) in [5.74, 6) is -0.574. The second-order valence-corrected chi connectivity index (χ2v) is 8.69. The zero-order chi connectivity index (χ0) is 23.1. The summed E-state index contributed by atoms with van der Waals surface area (Å²) in [5.41, 5.74) is 4.13. The molecule has 166 valence electrons. The normalized spacial score (nSPS) is 12.4. The number of aromatic nitrogens is 5. The number of nitrogens with zero attached hydrogens (tertiary/aromatic N) is 4. The van der Waals surface area contributed by atoms with Crippen molar-refractivity contribution < 1.29 is 9.18 Å². The molecule has 7 nitrogen and oxygen atoms in total. The van der Waals surface area contributed by atoms with E-state index in [9.17, 15) is 9.18 Å². The summed E-state index contributed by atoms with van der Waals surface area (Å²) in [6.07, 6.45) is 3.95. The Morgan fingerprint density at radius 1 is 1.24 bits per heavy atom. The van der Waals surface area contributed by atoms with Crippen molar-refractivity contribution in [1.29, 1.82) is 0 Å². The highest BCUT2D eigenvalue weighted by atomic mass is 79.9. The lowest BCUT2D eigenvalue weighted by molar-refractivity contribution is 0.0937. The Bertz CT molecular complexity index is 1490. The van der Waals surface area contributed by atoms with Gasteiger partial charge in [-0.05, 0) is 42.3 Å². The number of H-pyrrole nitrogens is 1. The smallest absolute Gasteiger partial charge is 0.255 e. The number of hydrogen-bond donors (Lipinski definition) is 2. The van der Waals surface area contributed by atoms with Crippen molar-refractivity contribution in [3.05, 3.63) is 76.3 Å². The highest BCUT2D eigenvalue weighted by Crippen LogP contribution is 2.28. The molecule has 2 aromatic carbocycles. The van der Waals surface area contributed by atoms with Crippen LogP contribution in [0.25, 0.3) is 33.5 Å². The second-order valence-electron chi connectivity index (χ2n) is 7.77. The molecule has 3 heterocycles. The largest absolute Gasteiger partial charge is 0.345 e. The Hall–Kier alpha value is -3.59. The molecule has 0 aliphatic rings. The van der Waals surface area contributed by atoms with Gasteiger partial charge in [-0.15, -0.1) is 0 Å². The van der Waals surface area contributed by atoms with Gasteiger partial charge < -0.3 is 10.3 Å². The van der Waals surface area contributed by atoms with Gasteiger partial charge in [-0.2, -0.15) is 5.10 Å². The topological polar surface area (TPSA) is 88.5 Å². The van der Waals surface area contributed by atoms with Crippen LogP contribution >= 0.6 is 15.9 Å². The molecule has 0 saturated carbocycles. The van der Waals surface area contributed by atoms with E-state index < -0.39 is 0 Å². The summed E-state index contributed by atoms with van der Waals surface area (Å²) in [6.45, 7) is 2.02. The quantitative estimate of drug-likeness (QED) is 0.338. The molecule has 3 aromatic heterocycles. The fraction of sp³-hybridized carbons (Fsp3) is 0.167. The van der Waals surface area contributed by atoms with E-state index in [0.29, 0.717) is 33.6 Å². The zero-order valence-electron chi connectivity index (χ0n) is 17.9. The zero-order valence-corrected chi connectivity index (χ0v) is 19.5. The number of carbonyl (C=O) groups excluding carboxylic acids is 1. The van der Waals surface area contributed by atoms with Crippen molar-refractivity contribution >= 4 is 43.9 Å². The third-order valence-corrected chi connectivity index (χ3v) is 6.20. The number of benzene rings is 2. The van der Waals surface area contributed by atoms with Gasteiger partial charge in [0.25, 0.3) is 5.91 Å². The van der Waals surface area contributed by atoms with E-state index in [1.54, 1.807) is 30.2 Å². The first-order valence-corrected chi connectivity index (χ1v) is 11.3. The van der Waals surface area contributed by atoms with Gasteiger partial charge in [0.2, 0.25) is 0 Å². The Balaban J connectivity index is 1.51. The van der Waals surface area contributed by atoms with Crippen molar-refractivity contribution in [2.24, 2.45) is 7.05 Å². The van der Waals surface area contributed by atoms with Gasteiger partial charge in [-0.1, -0.05) is 35.0 Å².